The number of nitrogens with one attached hydrogen (secondary N) is 3. The fourth-order valence-corrected chi connectivity index (χ4v) is 1.65. The first-order chi connectivity index (χ1) is 9.29. The number of urea groups is 1. The van der Waals surface area contributed by atoms with Crippen LogP contribution in [0.4, 0.5) is 10.5 Å². The molecule has 0 radical (unpaired) electrons. The number of nitrogens with zero attached hydrogens (tertiary/aromatic N) is 1. The third kappa shape index (κ3) is 3.82. The molecule has 1 aromatic heterocycles. The Labute approximate surface area is 111 Å². The molecule has 2 rings (SSSR count). The van der Waals surface area contributed by atoms with Crippen LogP contribution in [0.1, 0.15) is 11.3 Å². The third-order valence-electron chi connectivity index (χ3n) is 2.56. The molecule has 3 N–H and O–H groups in total. The Morgan fingerprint density at radius 3 is 2.95 bits per heavy atom. The molecule has 0 aliphatic heterocycles. The van der Waals surface area contributed by atoms with Crippen molar-refractivity contribution in [1.82, 2.24) is 15.5 Å². The number of aromatic nitrogens is 2. The minimum atomic E-state index is -0.266. The predicted molar refractivity (Wildman–Crippen MR) is 71.6 cm³/mol. The summed E-state index contributed by atoms with van der Waals surface area (Å²) in [5.41, 5.74) is 2.52. The van der Waals surface area contributed by atoms with Crippen molar-refractivity contribution >= 4 is 11.7 Å². The van der Waals surface area contributed by atoms with E-state index in [2.05, 4.69) is 20.8 Å². The number of rotatable bonds is 5. The van der Waals surface area contributed by atoms with Gasteiger partial charge in [0.1, 0.15) is 0 Å². The van der Waals surface area contributed by atoms with E-state index in [0.29, 0.717) is 13.2 Å². The minimum Gasteiger partial charge on any atom is -0.380 e. The second-order valence-corrected chi connectivity index (χ2v) is 3.98. The number of hydrogen-bond donors (Lipinski definition) is 3. The molecule has 0 saturated heterocycles. The standard InChI is InChI=1S/C13H16N4O2/c1-19-9-10-4-2-3-5-12(10)16-13(18)14-8-11-6-7-15-17-11/h2-7H,8-9H2,1H3,(H,15,17)(H2,14,16,18). The van der Waals surface area contributed by atoms with Gasteiger partial charge in [-0.3, -0.25) is 5.10 Å². The number of aromatic amines is 1. The molecule has 6 heteroatoms. The van der Waals surface area contributed by atoms with E-state index in [4.69, 9.17) is 4.74 Å². The molecule has 19 heavy (non-hydrogen) atoms. The fraction of sp³-hybridized carbons (Fsp3) is 0.231. The summed E-state index contributed by atoms with van der Waals surface area (Å²) in [5.74, 6) is 0. The SMILES string of the molecule is COCc1ccccc1NC(=O)NCc1ccn[nH]1. The van der Waals surface area contributed by atoms with Gasteiger partial charge >= 0.3 is 6.03 Å². The van der Waals surface area contributed by atoms with E-state index < -0.39 is 0 Å². The van der Waals surface area contributed by atoms with Crippen molar-refractivity contribution in [2.75, 3.05) is 12.4 Å². The van der Waals surface area contributed by atoms with Crippen molar-refractivity contribution < 1.29 is 9.53 Å². The van der Waals surface area contributed by atoms with Gasteiger partial charge < -0.3 is 15.4 Å². The van der Waals surface area contributed by atoms with Gasteiger partial charge in [0.15, 0.2) is 0 Å². The Morgan fingerprint density at radius 2 is 2.21 bits per heavy atom. The Bertz CT molecular complexity index is 525. The number of carbonyl (C=O) groups excluding carboxylic acids is 1. The lowest BCUT2D eigenvalue weighted by Gasteiger charge is -2.11. The van der Waals surface area contributed by atoms with Gasteiger partial charge in [0.2, 0.25) is 0 Å². The Balaban J connectivity index is 1.91. The molecule has 2 amide bonds. The predicted octanol–water partition coefficient (Wildman–Crippen LogP) is 1.88. The Morgan fingerprint density at radius 1 is 1.37 bits per heavy atom. The van der Waals surface area contributed by atoms with Crippen molar-refractivity contribution in [2.24, 2.45) is 0 Å². The summed E-state index contributed by atoms with van der Waals surface area (Å²) in [6.45, 7) is 0.856. The molecule has 1 heterocycles. The summed E-state index contributed by atoms with van der Waals surface area (Å²) in [6, 6.07) is 9.06. The van der Waals surface area contributed by atoms with Gasteiger partial charge in [0.05, 0.1) is 18.8 Å². The lowest BCUT2D eigenvalue weighted by atomic mass is 10.2. The third-order valence-corrected chi connectivity index (χ3v) is 2.56. The molecule has 2 aromatic rings. The minimum absolute atomic E-state index is 0.266. The summed E-state index contributed by atoms with van der Waals surface area (Å²) in [5, 5.41) is 12.1. The van der Waals surface area contributed by atoms with Gasteiger partial charge in [-0.1, -0.05) is 18.2 Å². The average Bonchev–Trinajstić information content (AvgIpc) is 2.92. The molecular formula is C13H16N4O2. The van der Waals surface area contributed by atoms with Crippen molar-refractivity contribution in [3.63, 3.8) is 0 Å². The first kappa shape index (κ1) is 13.1. The Kier molecular flexibility index (Phi) is 4.52. The maximum atomic E-state index is 11.8. The first-order valence-electron chi connectivity index (χ1n) is 5.89. The van der Waals surface area contributed by atoms with Crippen molar-refractivity contribution in [2.45, 2.75) is 13.2 Å². The summed E-state index contributed by atoms with van der Waals surface area (Å²) >= 11 is 0. The lowest BCUT2D eigenvalue weighted by molar-refractivity contribution is 0.185. The zero-order chi connectivity index (χ0) is 13.5. The maximum absolute atomic E-state index is 11.8. The van der Waals surface area contributed by atoms with Crippen LogP contribution in [0.15, 0.2) is 36.5 Å². The second kappa shape index (κ2) is 6.55. The monoisotopic (exact) mass is 260 g/mol. The number of para-hydroxylation sites is 1. The molecule has 100 valence electrons. The van der Waals surface area contributed by atoms with E-state index in [-0.39, 0.29) is 6.03 Å². The number of benzene rings is 1. The van der Waals surface area contributed by atoms with Gasteiger partial charge in [-0.25, -0.2) is 4.79 Å². The van der Waals surface area contributed by atoms with Crippen LogP contribution in [-0.4, -0.2) is 23.3 Å². The van der Waals surface area contributed by atoms with Crippen LogP contribution >= 0.6 is 0 Å². The molecule has 0 fully saturated rings. The van der Waals surface area contributed by atoms with Crippen LogP contribution in [0.5, 0.6) is 0 Å². The van der Waals surface area contributed by atoms with E-state index in [1.807, 2.05) is 24.3 Å². The number of carbonyl (C=O) groups is 1. The highest BCUT2D eigenvalue weighted by Gasteiger charge is 2.06. The quantitative estimate of drug-likeness (QED) is 0.768. The van der Waals surface area contributed by atoms with E-state index in [1.54, 1.807) is 19.4 Å². The molecule has 0 saturated carbocycles. The van der Waals surface area contributed by atoms with E-state index in [1.165, 1.54) is 0 Å². The number of H-pyrrole nitrogens is 1. The molecule has 0 spiro atoms. The highest BCUT2D eigenvalue weighted by Crippen LogP contribution is 2.15. The molecule has 6 nitrogen and oxygen atoms in total. The maximum Gasteiger partial charge on any atom is 0.319 e. The van der Waals surface area contributed by atoms with Crippen molar-refractivity contribution in [1.29, 1.82) is 0 Å². The molecule has 0 bridgehead atoms. The average molecular weight is 260 g/mol. The Hall–Kier alpha value is -2.34. The van der Waals surface area contributed by atoms with Gasteiger partial charge in [-0.2, -0.15) is 5.10 Å². The fourth-order valence-electron chi connectivity index (χ4n) is 1.65. The van der Waals surface area contributed by atoms with Crippen molar-refractivity contribution in [3.8, 4) is 0 Å². The van der Waals surface area contributed by atoms with E-state index in [0.717, 1.165) is 16.9 Å². The van der Waals surface area contributed by atoms with E-state index in [9.17, 15) is 4.79 Å². The van der Waals surface area contributed by atoms with E-state index >= 15 is 0 Å². The zero-order valence-corrected chi connectivity index (χ0v) is 10.6. The van der Waals surface area contributed by atoms with Gasteiger partial charge in [0.25, 0.3) is 0 Å². The summed E-state index contributed by atoms with van der Waals surface area (Å²) in [4.78, 5) is 11.8. The highest BCUT2D eigenvalue weighted by atomic mass is 16.5. The highest BCUT2D eigenvalue weighted by molar-refractivity contribution is 5.89. The smallest absolute Gasteiger partial charge is 0.319 e. The number of amides is 2. The van der Waals surface area contributed by atoms with Gasteiger partial charge in [-0.05, 0) is 12.1 Å². The van der Waals surface area contributed by atoms with Crippen LogP contribution in [0.3, 0.4) is 0 Å². The number of ether oxygens (including phenoxy) is 1. The number of methoxy groups -OCH3 is 1. The summed E-state index contributed by atoms with van der Waals surface area (Å²) in [7, 11) is 1.62. The second-order valence-electron chi connectivity index (χ2n) is 3.98. The van der Waals surface area contributed by atoms with Gasteiger partial charge in [0, 0.05) is 24.6 Å². The topological polar surface area (TPSA) is 79.0 Å². The molecule has 0 aliphatic rings. The number of anilines is 1. The van der Waals surface area contributed by atoms with Crippen LogP contribution in [-0.2, 0) is 17.9 Å². The first-order valence-corrected chi connectivity index (χ1v) is 5.89. The molecular weight excluding hydrogens is 244 g/mol. The molecule has 0 aliphatic carbocycles. The lowest BCUT2D eigenvalue weighted by Crippen LogP contribution is -2.28. The van der Waals surface area contributed by atoms with Crippen LogP contribution < -0.4 is 10.6 Å². The summed E-state index contributed by atoms with van der Waals surface area (Å²) in [6.07, 6.45) is 1.64. The van der Waals surface area contributed by atoms with Crippen LogP contribution in [0.25, 0.3) is 0 Å². The number of hydrogen-bond acceptors (Lipinski definition) is 3. The van der Waals surface area contributed by atoms with Crippen LogP contribution in [0, 0.1) is 0 Å². The zero-order valence-electron chi connectivity index (χ0n) is 10.6. The molecule has 0 atom stereocenters. The van der Waals surface area contributed by atoms with Crippen molar-refractivity contribution in [3.05, 3.63) is 47.8 Å². The van der Waals surface area contributed by atoms with Gasteiger partial charge in [-0.15, -0.1) is 0 Å². The summed E-state index contributed by atoms with van der Waals surface area (Å²) < 4.78 is 5.08. The molecule has 0 unspecified atom stereocenters. The normalized spacial score (nSPS) is 10.2. The van der Waals surface area contributed by atoms with Crippen LogP contribution in [0.2, 0.25) is 0 Å². The largest absolute Gasteiger partial charge is 0.380 e. The molecule has 1 aromatic carbocycles.